The molecule has 106 valence electrons. The van der Waals surface area contributed by atoms with Crippen molar-refractivity contribution >= 4 is 22.7 Å². The van der Waals surface area contributed by atoms with Gasteiger partial charge in [-0.2, -0.15) is 0 Å². The lowest BCUT2D eigenvalue weighted by atomic mass is 9.87. The van der Waals surface area contributed by atoms with E-state index in [-0.39, 0.29) is 17.9 Å². The molecular weight excluding hydrogens is 256 g/mol. The average Bonchev–Trinajstić information content (AvgIpc) is 2.78. The monoisotopic (exact) mass is 274 g/mol. The van der Waals surface area contributed by atoms with Crippen LogP contribution in [0.2, 0.25) is 0 Å². The largest absolute Gasteiger partial charge is 0.441 e. The Morgan fingerprint density at radius 3 is 2.85 bits per heavy atom. The number of benzene rings is 1. The zero-order valence-corrected chi connectivity index (χ0v) is 11.4. The van der Waals surface area contributed by atoms with Crippen molar-refractivity contribution in [2.24, 2.45) is 5.92 Å². The van der Waals surface area contributed by atoms with Crippen LogP contribution in [-0.4, -0.2) is 22.1 Å². The minimum atomic E-state index is -0.243. The molecule has 0 saturated heterocycles. The smallest absolute Gasteiger partial charge is 0.227 e. The van der Waals surface area contributed by atoms with Gasteiger partial charge in [-0.15, -0.1) is 0 Å². The number of aromatic nitrogens is 1. The molecular formula is C15H18N2O3. The minimum Gasteiger partial charge on any atom is -0.441 e. The van der Waals surface area contributed by atoms with Crippen LogP contribution in [0.4, 0.5) is 5.69 Å². The molecule has 5 heteroatoms. The van der Waals surface area contributed by atoms with E-state index in [1.807, 2.05) is 12.1 Å². The van der Waals surface area contributed by atoms with E-state index in [0.29, 0.717) is 24.3 Å². The molecule has 0 spiro atoms. The van der Waals surface area contributed by atoms with Crippen LogP contribution in [0.3, 0.4) is 0 Å². The van der Waals surface area contributed by atoms with Crippen LogP contribution >= 0.6 is 0 Å². The Labute approximate surface area is 117 Å². The van der Waals surface area contributed by atoms with Gasteiger partial charge < -0.3 is 14.8 Å². The molecule has 0 atom stereocenters. The number of hydrogen-bond donors (Lipinski definition) is 2. The number of fused-ring (bicyclic) bond motifs is 1. The highest BCUT2D eigenvalue weighted by Gasteiger charge is 2.25. The van der Waals surface area contributed by atoms with Gasteiger partial charge in [0.1, 0.15) is 5.52 Å². The normalized spacial score (nSPS) is 22.9. The number of aryl methyl sites for hydroxylation is 1. The number of hydrogen-bond acceptors (Lipinski definition) is 4. The van der Waals surface area contributed by atoms with Crippen LogP contribution in [-0.2, 0) is 4.79 Å². The quantitative estimate of drug-likeness (QED) is 0.882. The number of carbonyl (C=O) groups is 1. The van der Waals surface area contributed by atoms with E-state index in [9.17, 15) is 9.90 Å². The summed E-state index contributed by atoms with van der Waals surface area (Å²) in [7, 11) is 0. The number of aliphatic hydroxyl groups is 1. The summed E-state index contributed by atoms with van der Waals surface area (Å²) in [6, 6.07) is 5.47. The molecule has 20 heavy (non-hydrogen) atoms. The van der Waals surface area contributed by atoms with Crippen LogP contribution in [0, 0.1) is 12.8 Å². The van der Waals surface area contributed by atoms with Crippen LogP contribution in [0.1, 0.15) is 31.6 Å². The van der Waals surface area contributed by atoms with E-state index in [4.69, 9.17) is 4.42 Å². The maximum atomic E-state index is 12.2. The Morgan fingerprint density at radius 1 is 1.35 bits per heavy atom. The van der Waals surface area contributed by atoms with Crippen molar-refractivity contribution in [2.75, 3.05) is 5.32 Å². The average molecular weight is 274 g/mol. The number of anilines is 1. The summed E-state index contributed by atoms with van der Waals surface area (Å²) in [4.78, 5) is 16.4. The third-order valence-corrected chi connectivity index (χ3v) is 3.83. The second kappa shape index (κ2) is 5.25. The maximum Gasteiger partial charge on any atom is 0.227 e. The Kier molecular flexibility index (Phi) is 3.44. The van der Waals surface area contributed by atoms with E-state index in [2.05, 4.69) is 10.3 Å². The third-order valence-electron chi connectivity index (χ3n) is 3.83. The van der Waals surface area contributed by atoms with Gasteiger partial charge in [-0.25, -0.2) is 4.98 Å². The minimum absolute atomic E-state index is 0.00874. The van der Waals surface area contributed by atoms with Crippen LogP contribution in [0.15, 0.2) is 22.6 Å². The number of aliphatic hydroxyl groups excluding tert-OH is 1. The SMILES string of the molecule is Cc1nc2ccc(NC(=O)C3CCC(O)CC3)cc2o1. The molecule has 1 aliphatic carbocycles. The first kappa shape index (κ1) is 13.1. The number of nitrogens with zero attached hydrogens (tertiary/aromatic N) is 1. The van der Waals surface area contributed by atoms with Gasteiger partial charge in [0.15, 0.2) is 11.5 Å². The zero-order valence-electron chi connectivity index (χ0n) is 11.4. The summed E-state index contributed by atoms with van der Waals surface area (Å²) < 4.78 is 5.45. The lowest BCUT2D eigenvalue weighted by Crippen LogP contribution is -2.28. The molecule has 1 aromatic carbocycles. The van der Waals surface area contributed by atoms with Crippen molar-refractivity contribution < 1.29 is 14.3 Å². The molecule has 2 N–H and O–H groups in total. The summed E-state index contributed by atoms with van der Waals surface area (Å²) >= 11 is 0. The number of amides is 1. The van der Waals surface area contributed by atoms with Crippen molar-refractivity contribution in [1.29, 1.82) is 0 Å². The molecule has 5 nitrogen and oxygen atoms in total. The second-order valence-electron chi connectivity index (χ2n) is 5.41. The van der Waals surface area contributed by atoms with Crippen LogP contribution < -0.4 is 5.32 Å². The Morgan fingerprint density at radius 2 is 2.10 bits per heavy atom. The fourth-order valence-corrected chi connectivity index (χ4v) is 2.70. The molecule has 2 aromatic rings. The summed E-state index contributed by atoms with van der Waals surface area (Å²) in [6.45, 7) is 1.80. The highest BCUT2D eigenvalue weighted by Crippen LogP contribution is 2.26. The molecule has 1 amide bonds. The highest BCUT2D eigenvalue weighted by atomic mass is 16.3. The number of nitrogens with one attached hydrogen (secondary N) is 1. The standard InChI is InChI=1S/C15H18N2O3/c1-9-16-13-7-4-11(8-14(13)20-9)17-15(19)10-2-5-12(18)6-3-10/h4,7-8,10,12,18H,2-3,5-6H2,1H3,(H,17,19). The van der Waals surface area contributed by atoms with Gasteiger partial charge in [-0.1, -0.05) is 0 Å². The molecule has 0 radical (unpaired) electrons. The zero-order chi connectivity index (χ0) is 14.1. The lowest BCUT2D eigenvalue weighted by Gasteiger charge is -2.24. The molecule has 1 aromatic heterocycles. The second-order valence-corrected chi connectivity index (χ2v) is 5.41. The van der Waals surface area contributed by atoms with Gasteiger partial charge in [0.2, 0.25) is 5.91 Å². The third kappa shape index (κ3) is 2.67. The summed E-state index contributed by atoms with van der Waals surface area (Å²) in [5.74, 6) is 0.628. The summed E-state index contributed by atoms with van der Waals surface area (Å²) in [5.41, 5.74) is 2.20. The maximum absolute atomic E-state index is 12.2. The first-order chi connectivity index (χ1) is 9.61. The molecule has 0 unspecified atom stereocenters. The molecule has 1 heterocycles. The number of carbonyl (C=O) groups excluding carboxylic acids is 1. The van der Waals surface area contributed by atoms with Gasteiger partial charge in [0.25, 0.3) is 0 Å². The van der Waals surface area contributed by atoms with E-state index >= 15 is 0 Å². The van der Waals surface area contributed by atoms with E-state index < -0.39 is 0 Å². The topological polar surface area (TPSA) is 75.4 Å². The van der Waals surface area contributed by atoms with Crippen molar-refractivity contribution in [3.8, 4) is 0 Å². The predicted octanol–water partition coefficient (Wildman–Crippen LogP) is 2.63. The van der Waals surface area contributed by atoms with Crippen molar-refractivity contribution in [2.45, 2.75) is 38.7 Å². The number of rotatable bonds is 2. The number of oxazole rings is 1. The first-order valence-corrected chi connectivity index (χ1v) is 6.98. The first-order valence-electron chi connectivity index (χ1n) is 6.98. The van der Waals surface area contributed by atoms with Gasteiger partial charge in [0.05, 0.1) is 6.10 Å². The van der Waals surface area contributed by atoms with Gasteiger partial charge >= 0.3 is 0 Å². The van der Waals surface area contributed by atoms with E-state index in [1.165, 1.54) is 0 Å². The van der Waals surface area contributed by atoms with Crippen molar-refractivity contribution in [3.63, 3.8) is 0 Å². The molecule has 3 rings (SSSR count). The summed E-state index contributed by atoms with van der Waals surface area (Å²) in [5, 5.41) is 12.4. The molecule has 1 aliphatic rings. The van der Waals surface area contributed by atoms with E-state index in [0.717, 1.165) is 24.0 Å². The highest BCUT2D eigenvalue weighted by molar-refractivity contribution is 5.94. The fourth-order valence-electron chi connectivity index (χ4n) is 2.70. The predicted molar refractivity (Wildman–Crippen MR) is 75.3 cm³/mol. The van der Waals surface area contributed by atoms with Crippen LogP contribution in [0.5, 0.6) is 0 Å². The van der Waals surface area contributed by atoms with E-state index in [1.54, 1.807) is 13.0 Å². The molecule has 0 bridgehead atoms. The Hall–Kier alpha value is -1.88. The van der Waals surface area contributed by atoms with Gasteiger partial charge in [0, 0.05) is 24.6 Å². The van der Waals surface area contributed by atoms with Crippen molar-refractivity contribution in [3.05, 3.63) is 24.1 Å². The van der Waals surface area contributed by atoms with Gasteiger partial charge in [-0.05, 0) is 37.8 Å². The molecule has 0 aliphatic heterocycles. The molecule has 1 saturated carbocycles. The lowest BCUT2D eigenvalue weighted by molar-refractivity contribution is -0.121. The van der Waals surface area contributed by atoms with Gasteiger partial charge in [-0.3, -0.25) is 4.79 Å². The fraction of sp³-hybridized carbons (Fsp3) is 0.467. The molecule has 1 fully saturated rings. The summed E-state index contributed by atoms with van der Waals surface area (Å²) in [6.07, 6.45) is 2.66. The van der Waals surface area contributed by atoms with Crippen LogP contribution in [0.25, 0.3) is 11.1 Å². The Bertz CT molecular complexity index is 627. The van der Waals surface area contributed by atoms with Crippen molar-refractivity contribution in [1.82, 2.24) is 4.98 Å². The Balaban J connectivity index is 1.70.